The zero-order valence-corrected chi connectivity index (χ0v) is 9.03. The fraction of sp³-hybridized carbons (Fsp3) is 0.286. The first-order valence-corrected chi connectivity index (χ1v) is 5.60. The summed E-state index contributed by atoms with van der Waals surface area (Å²) in [5, 5.41) is 0. The SMILES string of the molecule is CN1C2=CCCCC2=Cc2ccccc21. The van der Waals surface area contributed by atoms with E-state index in [2.05, 4.69) is 48.4 Å². The quantitative estimate of drug-likeness (QED) is 0.614. The topological polar surface area (TPSA) is 3.24 Å². The van der Waals surface area contributed by atoms with Gasteiger partial charge in [0.05, 0.1) is 0 Å². The van der Waals surface area contributed by atoms with Crippen LogP contribution in [0.4, 0.5) is 5.69 Å². The molecule has 1 aromatic rings. The minimum Gasteiger partial charge on any atom is -0.344 e. The normalized spacial score (nSPS) is 18.9. The third kappa shape index (κ3) is 1.30. The van der Waals surface area contributed by atoms with Gasteiger partial charge in [0.25, 0.3) is 0 Å². The monoisotopic (exact) mass is 197 g/mol. The molecule has 0 unspecified atom stereocenters. The highest BCUT2D eigenvalue weighted by Gasteiger charge is 2.21. The molecule has 0 radical (unpaired) electrons. The van der Waals surface area contributed by atoms with Gasteiger partial charge in [-0.15, -0.1) is 0 Å². The van der Waals surface area contributed by atoms with Gasteiger partial charge < -0.3 is 4.90 Å². The van der Waals surface area contributed by atoms with Crippen LogP contribution in [0.3, 0.4) is 0 Å². The van der Waals surface area contributed by atoms with Crippen molar-refractivity contribution < 1.29 is 0 Å². The lowest BCUT2D eigenvalue weighted by atomic mass is 9.91. The van der Waals surface area contributed by atoms with Crippen LogP contribution in [0.2, 0.25) is 0 Å². The summed E-state index contributed by atoms with van der Waals surface area (Å²) < 4.78 is 0. The van der Waals surface area contributed by atoms with Crippen LogP contribution in [-0.4, -0.2) is 7.05 Å². The van der Waals surface area contributed by atoms with E-state index in [1.165, 1.54) is 41.8 Å². The number of anilines is 1. The van der Waals surface area contributed by atoms with Crippen LogP contribution >= 0.6 is 0 Å². The maximum atomic E-state index is 2.37. The third-order valence-corrected chi connectivity index (χ3v) is 3.31. The van der Waals surface area contributed by atoms with E-state index in [1.54, 1.807) is 0 Å². The van der Waals surface area contributed by atoms with E-state index in [-0.39, 0.29) is 0 Å². The Bertz CT molecular complexity index is 454. The highest BCUT2D eigenvalue weighted by Crippen LogP contribution is 2.37. The number of nitrogens with zero attached hydrogens (tertiary/aromatic N) is 1. The van der Waals surface area contributed by atoms with Crippen molar-refractivity contribution in [1.82, 2.24) is 0 Å². The molecule has 0 spiro atoms. The summed E-state index contributed by atoms with van der Waals surface area (Å²) in [7, 11) is 2.17. The third-order valence-electron chi connectivity index (χ3n) is 3.31. The average Bonchev–Trinajstić information content (AvgIpc) is 2.30. The Morgan fingerprint density at radius 1 is 1.20 bits per heavy atom. The summed E-state index contributed by atoms with van der Waals surface area (Å²) in [5.74, 6) is 0. The van der Waals surface area contributed by atoms with Gasteiger partial charge in [-0.3, -0.25) is 0 Å². The van der Waals surface area contributed by atoms with E-state index >= 15 is 0 Å². The lowest BCUT2D eigenvalue weighted by Gasteiger charge is -2.32. The first-order chi connectivity index (χ1) is 7.36. The van der Waals surface area contributed by atoms with Crippen LogP contribution in [0.15, 0.2) is 41.6 Å². The Kier molecular flexibility index (Phi) is 1.91. The largest absolute Gasteiger partial charge is 0.344 e. The first kappa shape index (κ1) is 8.78. The number of hydrogen-bond acceptors (Lipinski definition) is 1. The second kappa shape index (κ2) is 3.27. The molecule has 76 valence electrons. The zero-order chi connectivity index (χ0) is 10.3. The Morgan fingerprint density at radius 2 is 2.07 bits per heavy atom. The number of likely N-dealkylation sites (N-methyl/N-ethyl adjacent to an activating group) is 1. The van der Waals surface area contributed by atoms with Crippen LogP contribution < -0.4 is 4.90 Å². The van der Waals surface area contributed by atoms with Crippen LogP contribution in [-0.2, 0) is 0 Å². The van der Waals surface area contributed by atoms with E-state index in [1.807, 2.05) is 0 Å². The Balaban J connectivity index is 2.19. The Hall–Kier alpha value is -1.50. The predicted molar refractivity (Wildman–Crippen MR) is 64.8 cm³/mol. The summed E-state index contributed by atoms with van der Waals surface area (Å²) in [6, 6.07) is 8.61. The maximum absolute atomic E-state index is 2.37. The molecule has 15 heavy (non-hydrogen) atoms. The second-order valence-corrected chi connectivity index (χ2v) is 4.27. The van der Waals surface area contributed by atoms with Gasteiger partial charge in [0.1, 0.15) is 0 Å². The van der Waals surface area contributed by atoms with Crippen molar-refractivity contribution in [2.24, 2.45) is 0 Å². The van der Waals surface area contributed by atoms with Gasteiger partial charge in [-0.25, -0.2) is 0 Å². The smallest absolute Gasteiger partial charge is 0.0481 e. The minimum atomic E-state index is 1.22. The van der Waals surface area contributed by atoms with Crippen molar-refractivity contribution in [2.45, 2.75) is 19.3 Å². The standard InChI is InChI=1S/C14H15N/c1-15-13-8-4-2-6-11(13)10-12-7-3-5-9-14(12)15/h2,4,6,8-10H,3,5,7H2,1H3. The predicted octanol–water partition coefficient (Wildman–Crippen LogP) is 3.59. The molecule has 0 N–H and O–H groups in total. The number of allylic oxidation sites excluding steroid dienone is 2. The van der Waals surface area contributed by atoms with Gasteiger partial charge >= 0.3 is 0 Å². The molecule has 1 heterocycles. The van der Waals surface area contributed by atoms with Crippen molar-refractivity contribution in [3.63, 3.8) is 0 Å². The molecule has 2 aliphatic rings. The van der Waals surface area contributed by atoms with Crippen LogP contribution in [0.25, 0.3) is 6.08 Å². The van der Waals surface area contributed by atoms with Crippen LogP contribution in [0, 0.1) is 0 Å². The lowest BCUT2D eigenvalue weighted by molar-refractivity contribution is 0.787. The molecule has 0 aromatic heterocycles. The summed E-state index contributed by atoms with van der Waals surface area (Å²) in [6.45, 7) is 0. The molecule has 1 aliphatic heterocycles. The maximum Gasteiger partial charge on any atom is 0.0481 e. The first-order valence-electron chi connectivity index (χ1n) is 5.60. The number of hydrogen-bond donors (Lipinski definition) is 0. The summed E-state index contributed by atoms with van der Waals surface area (Å²) in [5.41, 5.74) is 5.60. The van der Waals surface area contributed by atoms with Crippen molar-refractivity contribution in [3.8, 4) is 0 Å². The molecule has 1 nitrogen and oxygen atoms in total. The van der Waals surface area contributed by atoms with E-state index in [0.717, 1.165) is 0 Å². The summed E-state index contributed by atoms with van der Waals surface area (Å²) >= 11 is 0. The molecule has 0 amide bonds. The molecule has 1 heteroatoms. The molecule has 3 rings (SSSR count). The van der Waals surface area contributed by atoms with Gasteiger partial charge in [0, 0.05) is 18.4 Å². The van der Waals surface area contributed by atoms with E-state index in [4.69, 9.17) is 0 Å². The van der Waals surface area contributed by atoms with Crippen LogP contribution in [0.5, 0.6) is 0 Å². The number of rotatable bonds is 0. The van der Waals surface area contributed by atoms with E-state index in [9.17, 15) is 0 Å². The van der Waals surface area contributed by atoms with E-state index < -0.39 is 0 Å². The van der Waals surface area contributed by atoms with Crippen LogP contribution in [0.1, 0.15) is 24.8 Å². The van der Waals surface area contributed by atoms with Gasteiger partial charge in [-0.2, -0.15) is 0 Å². The van der Waals surface area contributed by atoms with Gasteiger partial charge in [0.2, 0.25) is 0 Å². The molecule has 0 saturated heterocycles. The lowest BCUT2D eigenvalue weighted by Crippen LogP contribution is -2.23. The van der Waals surface area contributed by atoms with E-state index in [0.29, 0.717) is 0 Å². The van der Waals surface area contributed by atoms with Gasteiger partial charge in [-0.1, -0.05) is 24.3 Å². The van der Waals surface area contributed by atoms with Gasteiger partial charge in [0.15, 0.2) is 0 Å². The molecule has 0 fully saturated rings. The number of benzene rings is 1. The summed E-state index contributed by atoms with van der Waals surface area (Å²) in [6.07, 6.45) is 8.46. The molecular weight excluding hydrogens is 182 g/mol. The number of para-hydroxylation sites is 1. The zero-order valence-electron chi connectivity index (χ0n) is 9.03. The van der Waals surface area contributed by atoms with Crippen molar-refractivity contribution in [3.05, 3.63) is 47.2 Å². The summed E-state index contributed by atoms with van der Waals surface area (Å²) in [4.78, 5) is 2.32. The highest BCUT2D eigenvalue weighted by atomic mass is 15.1. The average molecular weight is 197 g/mol. The molecule has 0 atom stereocenters. The fourth-order valence-electron chi connectivity index (χ4n) is 2.52. The van der Waals surface area contributed by atoms with Crippen molar-refractivity contribution in [1.29, 1.82) is 0 Å². The minimum absolute atomic E-state index is 1.22. The molecule has 0 bridgehead atoms. The number of fused-ring (bicyclic) bond motifs is 2. The molecule has 0 saturated carbocycles. The van der Waals surface area contributed by atoms with Gasteiger partial charge in [-0.05, 0) is 42.5 Å². The second-order valence-electron chi connectivity index (χ2n) is 4.27. The molecule has 1 aromatic carbocycles. The Morgan fingerprint density at radius 3 is 3.00 bits per heavy atom. The highest BCUT2D eigenvalue weighted by molar-refractivity contribution is 5.79. The van der Waals surface area contributed by atoms with Crippen molar-refractivity contribution in [2.75, 3.05) is 11.9 Å². The fourth-order valence-corrected chi connectivity index (χ4v) is 2.52. The van der Waals surface area contributed by atoms with Crippen molar-refractivity contribution >= 4 is 11.8 Å². The Labute approximate surface area is 90.7 Å². The molecule has 1 aliphatic carbocycles. The molecular formula is C14H15N.